The summed E-state index contributed by atoms with van der Waals surface area (Å²) in [5.74, 6) is 0.714. The van der Waals surface area contributed by atoms with E-state index in [2.05, 4.69) is 12.2 Å². The maximum atomic E-state index is 11.8. The molecule has 1 saturated carbocycles. The van der Waals surface area contributed by atoms with Crippen molar-refractivity contribution in [3.63, 3.8) is 0 Å². The fourth-order valence-corrected chi connectivity index (χ4v) is 2.14. The minimum Gasteiger partial charge on any atom is -0.496 e. The highest BCUT2D eigenvalue weighted by Gasteiger charge is 2.38. The molecule has 20 heavy (non-hydrogen) atoms. The third-order valence-corrected chi connectivity index (χ3v) is 3.58. The molecule has 1 aliphatic carbocycles. The van der Waals surface area contributed by atoms with E-state index in [-0.39, 0.29) is 11.8 Å². The van der Waals surface area contributed by atoms with E-state index in [4.69, 9.17) is 9.47 Å². The molecular weight excluding hydrogens is 258 g/mol. The zero-order valence-electron chi connectivity index (χ0n) is 11.9. The van der Waals surface area contributed by atoms with Crippen molar-refractivity contribution in [3.05, 3.63) is 29.3 Å². The Morgan fingerprint density at radius 3 is 2.60 bits per heavy atom. The zero-order chi connectivity index (χ0) is 14.7. The van der Waals surface area contributed by atoms with Crippen LogP contribution in [0.2, 0.25) is 0 Å². The van der Waals surface area contributed by atoms with Crippen molar-refractivity contribution in [2.75, 3.05) is 14.2 Å². The summed E-state index contributed by atoms with van der Waals surface area (Å²) in [6.07, 6.45) is 0.960. The van der Waals surface area contributed by atoms with E-state index in [1.165, 1.54) is 14.2 Å². The van der Waals surface area contributed by atoms with Crippen molar-refractivity contribution >= 4 is 11.9 Å². The zero-order valence-corrected chi connectivity index (χ0v) is 11.9. The first-order chi connectivity index (χ1) is 9.56. The van der Waals surface area contributed by atoms with Crippen LogP contribution in [-0.2, 0) is 16.1 Å². The molecule has 0 aliphatic heterocycles. The maximum Gasteiger partial charge on any atom is 0.341 e. The largest absolute Gasteiger partial charge is 0.496 e. The van der Waals surface area contributed by atoms with Crippen LogP contribution in [0, 0.1) is 11.8 Å². The van der Waals surface area contributed by atoms with Crippen molar-refractivity contribution in [1.82, 2.24) is 5.32 Å². The highest BCUT2D eigenvalue weighted by molar-refractivity contribution is 5.92. The second-order valence-electron chi connectivity index (χ2n) is 5.06. The van der Waals surface area contributed by atoms with Crippen molar-refractivity contribution < 1.29 is 19.1 Å². The summed E-state index contributed by atoms with van der Waals surface area (Å²) in [6.45, 7) is 2.46. The van der Waals surface area contributed by atoms with Crippen LogP contribution in [-0.4, -0.2) is 26.1 Å². The van der Waals surface area contributed by atoms with Gasteiger partial charge in [-0.3, -0.25) is 4.79 Å². The normalized spacial score (nSPS) is 20.1. The molecular formula is C15H19NO4. The molecule has 0 spiro atoms. The first kappa shape index (κ1) is 14.4. The van der Waals surface area contributed by atoms with Gasteiger partial charge in [0.1, 0.15) is 11.3 Å². The monoisotopic (exact) mass is 277 g/mol. The molecule has 1 fully saturated rings. The van der Waals surface area contributed by atoms with Crippen LogP contribution in [0.15, 0.2) is 18.2 Å². The van der Waals surface area contributed by atoms with Gasteiger partial charge in [0.25, 0.3) is 0 Å². The van der Waals surface area contributed by atoms with Gasteiger partial charge in [0.2, 0.25) is 5.91 Å². The van der Waals surface area contributed by atoms with Gasteiger partial charge in [-0.25, -0.2) is 4.79 Å². The fourth-order valence-electron chi connectivity index (χ4n) is 2.14. The molecule has 1 aromatic rings. The van der Waals surface area contributed by atoms with Gasteiger partial charge in [0.15, 0.2) is 0 Å². The standard InChI is InChI=1S/C15H19NO4/c1-9-6-11(9)14(17)16-8-10-4-5-13(19-2)12(7-10)15(18)20-3/h4-5,7,9,11H,6,8H2,1-3H3,(H,16,17)/t9-,11+/m0/s1. The summed E-state index contributed by atoms with van der Waals surface area (Å²) in [6, 6.07) is 5.21. The number of ether oxygens (including phenoxy) is 2. The van der Waals surface area contributed by atoms with Gasteiger partial charge in [0, 0.05) is 12.5 Å². The number of methoxy groups -OCH3 is 2. The smallest absolute Gasteiger partial charge is 0.341 e. The lowest BCUT2D eigenvalue weighted by Gasteiger charge is -2.10. The molecule has 1 amide bonds. The van der Waals surface area contributed by atoms with Crippen LogP contribution in [0.1, 0.15) is 29.3 Å². The lowest BCUT2D eigenvalue weighted by molar-refractivity contribution is -0.122. The maximum absolute atomic E-state index is 11.8. The Hall–Kier alpha value is -2.04. The van der Waals surface area contributed by atoms with Crippen molar-refractivity contribution in [2.24, 2.45) is 11.8 Å². The molecule has 2 atom stereocenters. The first-order valence-electron chi connectivity index (χ1n) is 6.59. The number of hydrogen-bond acceptors (Lipinski definition) is 4. The molecule has 0 saturated heterocycles. The third kappa shape index (κ3) is 3.10. The van der Waals surface area contributed by atoms with E-state index in [0.29, 0.717) is 23.8 Å². The average molecular weight is 277 g/mol. The summed E-state index contributed by atoms with van der Waals surface area (Å²) in [5, 5.41) is 2.88. The summed E-state index contributed by atoms with van der Waals surface area (Å²) < 4.78 is 9.84. The molecule has 0 aromatic heterocycles. The number of carbonyl (C=O) groups excluding carboxylic acids is 2. The second kappa shape index (κ2) is 5.94. The van der Waals surface area contributed by atoms with E-state index < -0.39 is 5.97 Å². The van der Waals surface area contributed by atoms with Crippen LogP contribution in [0.5, 0.6) is 5.75 Å². The molecule has 108 valence electrons. The van der Waals surface area contributed by atoms with Crippen LogP contribution >= 0.6 is 0 Å². The summed E-state index contributed by atoms with van der Waals surface area (Å²) >= 11 is 0. The van der Waals surface area contributed by atoms with Gasteiger partial charge in [-0.15, -0.1) is 0 Å². The Morgan fingerprint density at radius 2 is 2.05 bits per heavy atom. The van der Waals surface area contributed by atoms with E-state index in [9.17, 15) is 9.59 Å². The highest BCUT2D eigenvalue weighted by Crippen LogP contribution is 2.37. The molecule has 0 unspecified atom stereocenters. The Kier molecular flexibility index (Phi) is 4.27. The number of benzene rings is 1. The van der Waals surface area contributed by atoms with Crippen molar-refractivity contribution in [2.45, 2.75) is 19.9 Å². The van der Waals surface area contributed by atoms with Gasteiger partial charge in [-0.2, -0.15) is 0 Å². The van der Waals surface area contributed by atoms with E-state index in [1.807, 2.05) is 6.07 Å². The van der Waals surface area contributed by atoms with Crippen LogP contribution in [0.3, 0.4) is 0 Å². The highest BCUT2D eigenvalue weighted by atomic mass is 16.5. The Labute approximate surface area is 118 Å². The Bertz CT molecular complexity index is 527. The van der Waals surface area contributed by atoms with Crippen LogP contribution in [0.25, 0.3) is 0 Å². The molecule has 0 bridgehead atoms. The van der Waals surface area contributed by atoms with Gasteiger partial charge in [-0.1, -0.05) is 13.0 Å². The lowest BCUT2D eigenvalue weighted by atomic mass is 10.1. The van der Waals surface area contributed by atoms with E-state index >= 15 is 0 Å². The van der Waals surface area contributed by atoms with Crippen molar-refractivity contribution in [1.29, 1.82) is 0 Å². The molecule has 5 heteroatoms. The minimum atomic E-state index is -0.453. The van der Waals surface area contributed by atoms with Crippen LogP contribution in [0.4, 0.5) is 0 Å². The summed E-state index contributed by atoms with van der Waals surface area (Å²) in [5.41, 5.74) is 1.20. The number of esters is 1. The molecule has 1 aromatic carbocycles. The molecule has 5 nitrogen and oxygen atoms in total. The number of carbonyl (C=O) groups is 2. The first-order valence-corrected chi connectivity index (χ1v) is 6.59. The quantitative estimate of drug-likeness (QED) is 0.833. The predicted octanol–water partition coefficient (Wildman–Crippen LogP) is 1.75. The third-order valence-electron chi connectivity index (χ3n) is 3.58. The van der Waals surface area contributed by atoms with Gasteiger partial charge in [0.05, 0.1) is 14.2 Å². The van der Waals surface area contributed by atoms with E-state index in [0.717, 1.165) is 12.0 Å². The van der Waals surface area contributed by atoms with Crippen LogP contribution < -0.4 is 10.1 Å². The lowest BCUT2D eigenvalue weighted by Crippen LogP contribution is -2.25. The van der Waals surface area contributed by atoms with Gasteiger partial charge < -0.3 is 14.8 Å². The van der Waals surface area contributed by atoms with Gasteiger partial charge >= 0.3 is 5.97 Å². The SMILES string of the molecule is COC(=O)c1cc(CNC(=O)[C@@H]2C[C@@H]2C)ccc1OC. The number of rotatable bonds is 5. The number of nitrogens with one attached hydrogen (secondary N) is 1. The Morgan fingerprint density at radius 1 is 1.35 bits per heavy atom. The number of amides is 1. The molecule has 1 aliphatic rings. The molecule has 2 rings (SSSR count). The Balaban J connectivity index is 2.04. The van der Waals surface area contributed by atoms with Crippen molar-refractivity contribution in [3.8, 4) is 5.75 Å². The topological polar surface area (TPSA) is 64.6 Å². The van der Waals surface area contributed by atoms with E-state index in [1.54, 1.807) is 12.1 Å². The predicted molar refractivity (Wildman–Crippen MR) is 73.5 cm³/mol. The molecule has 0 radical (unpaired) electrons. The molecule has 1 N–H and O–H groups in total. The van der Waals surface area contributed by atoms with Gasteiger partial charge in [-0.05, 0) is 30.0 Å². The minimum absolute atomic E-state index is 0.0768. The second-order valence-corrected chi connectivity index (χ2v) is 5.06. The summed E-state index contributed by atoms with van der Waals surface area (Å²) in [4.78, 5) is 23.4. The fraction of sp³-hybridized carbons (Fsp3) is 0.467. The average Bonchev–Trinajstić information content (AvgIpc) is 3.20. The summed E-state index contributed by atoms with van der Waals surface area (Å²) in [7, 11) is 2.82. The number of hydrogen-bond donors (Lipinski definition) is 1. The molecule has 0 heterocycles.